The van der Waals surface area contributed by atoms with Crippen LogP contribution in [0.3, 0.4) is 0 Å². The van der Waals surface area contributed by atoms with Crippen LogP contribution in [0.25, 0.3) is 0 Å². The lowest BCUT2D eigenvalue weighted by Gasteiger charge is -2.42. The molecule has 4 aromatic rings. The van der Waals surface area contributed by atoms with Gasteiger partial charge in [0.05, 0.1) is 0 Å². The average Bonchev–Trinajstić information content (AvgIpc) is 2.86. The predicted octanol–water partition coefficient (Wildman–Crippen LogP) is 7.75. The molecule has 0 saturated carbocycles. The molecule has 0 spiro atoms. The molecule has 1 fully saturated rings. The minimum atomic E-state index is -0.294. The van der Waals surface area contributed by atoms with Crippen LogP contribution in [0.4, 0.5) is 0 Å². The molecule has 5 rings (SSSR count). The van der Waals surface area contributed by atoms with Gasteiger partial charge in [0.15, 0.2) is 0 Å². The van der Waals surface area contributed by atoms with Gasteiger partial charge in [-0.1, -0.05) is 121 Å². The van der Waals surface area contributed by atoms with Gasteiger partial charge in [-0.05, 0) is 76.2 Å². The Kier molecular flexibility index (Phi) is 7.80. The van der Waals surface area contributed by atoms with Crippen LogP contribution in [0.2, 0.25) is 0 Å². The van der Waals surface area contributed by atoms with Crippen LogP contribution in [0, 0.1) is 0 Å². The summed E-state index contributed by atoms with van der Waals surface area (Å²) in [5.74, 6) is 0. The summed E-state index contributed by atoms with van der Waals surface area (Å²) < 4.78 is 0. The van der Waals surface area contributed by atoms with Crippen molar-refractivity contribution in [2.45, 2.75) is 12.8 Å². The first-order chi connectivity index (χ1) is 15.9. The molecule has 0 aliphatic carbocycles. The van der Waals surface area contributed by atoms with Crippen LogP contribution < -0.4 is 21.2 Å². The molecule has 1 saturated heterocycles. The summed E-state index contributed by atoms with van der Waals surface area (Å²) in [6.07, 6.45) is 5.44. The number of benzene rings is 4. The molecule has 1 heterocycles. The highest BCUT2D eigenvalue weighted by Crippen LogP contribution is 2.95. The molecule has 160 valence electrons. The highest BCUT2D eigenvalue weighted by Gasteiger charge is 2.38. The maximum Gasteiger partial charge on any atom is -0.0111 e. The van der Waals surface area contributed by atoms with Crippen molar-refractivity contribution in [3.63, 3.8) is 0 Å². The van der Waals surface area contributed by atoms with E-state index in [-0.39, 0.29) is 29.8 Å². The molecule has 1 aliphatic rings. The van der Waals surface area contributed by atoms with E-state index in [2.05, 4.69) is 121 Å². The lowest BCUT2D eigenvalue weighted by Crippen LogP contribution is -2.15. The summed E-state index contributed by atoms with van der Waals surface area (Å²) in [5.41, 5.74) is 0. The Morgan fingerprint density at radius 2 is 0.625 bits per heavy atom. The molecule has 4 unspecified atom stereocenters. The smallest absolute Gasteiger partial charge is 0.0111 e. The summed E-state index contributed by atoms with van der Waals surface area (Å²) in [6.45, 7) is 0. The summed E-state index contributed by atoms with van der Waals surface area (Å²) >= 11 is 0. The second-order valence-corrected chi connectivity index (χ2v) is 23.2. The van der Waals surface area contributed by atoms with Crippen molar-refractivity contribution < 1.29 is 0 Å². The van der Waals surface area contributed by atoms with Crippen molar-refractivity contribution in [3.8, 4) is 0 Å². The topological polar surface area (TPSA) is 0 Å². The van der Waals surface area contributed by atoms with Gasteiger partial charge in [-0.3, -0.25) is 0 Å². The Morgan fingerprint density at radius 3 is 0.938 bits per heavy atom. The zero-order valence-electron chi connectivity index (χ0n) is 18.2. The van der Waals surface area contributed by atoms with Gasteiger partial charge in [0, 0.05) is 0 Å². The van der Waals surface area contributed by atoms with E-state index in [9.17, 15) is 0 Å². The summed E-state index contributed by atoms with van der Waals surface area (Å²) in [5, 5.41) is 6.42. The van der Waals surface area contributed by atoms with Crippen LogP contribution in [-0.4, -0.2) is 12.3 Å². The van der Waals surface area contributed by atoms with Crippen molar-refractivity contribution in [1.82, 2.24) is 0 Å². The van der Waals surface area contributed by atoms with Crippen LogP contribution in [0.5, 0.6) is 0 Å². The highest BCUT2D eigenvalue weighted by atomic mass is 32.7. The second-order valence-electron chi connectivity index (χ2n) is 7.87. The van der Waals surface area contributed by atoms with Gasteiger partial charge in [-0.2, -0.15) is 0 Å². The fraction of sp³-hybridized carbons (Fsp3) is 0.143. The zero-order valence-corrected chi connectivity index (χ0v) is 21.7. The minimum absolute atomic E-state index is 0.220. The van der Waals surface area contributed by atoms with Crippen molar-refractivity contribution in [1.29, 1.82) is 0 Å². The molecule has 4 heteroatoms. The number of hydrogen-bond donors (Lipinski definition) is 0. The van der Waals surface area contributed by atoms with Crippen LogP contribution >= 0.6 is 29.8 Å². The fourth-order valence-electron chi connectivity index (χ4n) is 4.21. The quantitative estimate of drug-likeness (QED) is 0.258. The van der Waals surface area contributed by atoms with Gasteiger partial charge in [0.25, 0.3) is 0 Å². The highest BCUT2D eigenvalue weighted by molar-refractivity contribution is 8.81. The third-order valence-electron chi connectivity index (χ3n) is 5.71. The maximum absolute atomic E-state index is 2.43. The van der Waals surface area contributed by atoms with E-state index in [1.54, 1.807) is 21.2 Å². The van der Waals surface area contributed by atoms with E-state index < -0.39 is 0 Å². The molecule has 0 bridgehead atoms. The normalized spacial score (nSPS) is 23.8. The standard InChI is InChI=1S/C28H28P4/c1-5-15-25(16-6-1)29-23-13-14-24-30(26-17-7-2-8-18-26)32(28-21-11-4-12-22-28)31(29)27-19-9-3-10-20-27/h1-12,15-22H,13-14,23-24H2. The predicted molar refractivity (Wildman–Crippen MR) is 151 cm³/mol. The first-order valence-corrected chi connectivity index (χ1v) is 19.1. The Hall–Kier alpha value is -1.40. The Labute approximate surface area is 197 Å². The molecule has 1 aliphatic heterocycles. The van der Waals surface area contributed by atoms with Gasteiger partial charge in [-0.15, -0.1) is 0 Å². The van der Waals surface area contributed by atoms with E-state index in [4.69, 9.17) is 0 Å². The number of hydrogen-bond acceptors (Lipinski definition) is 0. The largest absolute Gasteiger partial charge is 0.0622 e. The van der Waals surface area contributed by atoms with E-state index in [0.717, 1.165) is 0 Å². The van der Waals surface area contributed by atoms with Crippen molar-refractivity contribution in [2.75, 3.05) is 12.3 Å². The SMILES string of the molecule is c1ccc(P2CCCCP(c3ccccc3)P(c3ccccc3)P2c2ccccc2)cc1. The van der Waals surface area contributed by atoms with E-state index >= 15 is 0 Å². The number of rotatable bonds is 4. The molecule has 4 aromatic carbocycles. The molecular formula is C28H28P4. The van der Waals surface area contributed by atoms with E-state index in [0.29, 0.717) is 0 Å². The Balaban J connectivity index is 1.72. The van der Waals surface area contributed by atoms with E-state index in [1.165, 1.54) is 25.2 Å². The Bertz CT molecular complexity index is 996. The molecule has 0 aromatic heterocycles. The molecule has 0 amide bonds. The summed E-state index contributed by atoms with van der Waals surface area (Å²) in [6, 6.07) is 46.1. The van der Waals surface area contributed by atoms with Crippen molar-refractivity contribution >= 4 is 51.0 Å². The van der Waals surface area contributed by atoms with Crippen molar-refractivity contribution in [2.24, 2.45) is 0 Å². The maximum atomic E-state index is 2.43. The molecule has 0 radical (unpaired) electrons. The lowest BCUT2D eigenvalue weighted by atomic mass is 10.4. The summed E-state index contributed by atoms with van der Waals surface area (Å²) in [7, 11) is -1.03. The van der Waals surface area contributed by atoms with Gasteiger partial charge in [0.2, 0.25) is 0 Å². The van der Waals surface area contributed by atoms with Gasteiger partial charge in [0.1, 0.15) is 0 Å². The Morgan fingerprint density at radius 1 is 0.344 bits per heavy atom. The molecule has 32 heavy (non-hydrogen) atoms. The average molecular weight is 488 g/mol. The van der Waals surface area contributed by atoms with E-state index in [1.807, 2.05) is 0 Å². The van der Waals surface area contributed by atoms with Gasteiger partial charge >= 0.3 is 0 Å². The third-order valence-corrected chi connectivity index (χ3v) is 29.3. The van der Waals surface area contributed by atoms with Gasteiger partial charge in [-0.25, -0.2) is 0 Å². The van der Waals surface area contributed by atoms with Crippen LogP contribution in [0.1, 0.15) is 12.8 Å². The lowest BCUT2D eigenvalue weighted by molar-refractivity contribution is 0.903. The fourth-order valence-corrected chi connectivity index (χ4v) is 34.0. The molecule has 0 N–H and O–H groups in total. The first kappa shape index (κ1) is 22.4. The van der Waals surface area contributed by atoms with Crippen LogP contribution in [-0.2, 0) is 0 Å². The van der Waals surface area contributed by atoms with Gasteiger partial charge < -0.3 is 0 Å². The molecule has 4 atom stereocenters. The summed E-state index contributed by atoms with van der Waals surface area (Å²) in [4.78, 5) is 0. The minimum Gasteiger partial charge on any atom is -0.0622 e. The second kappa shape index (κ2) is 11.1. The van der Waals surface area contributed by atoms with Crippen molar-refractivity contribution in [3.05, 3.63) is 121 Å². The molecular weight excluding hydrogens is 460 g/mol. The molecule has 0 nitrogen and oxygen atoms in total. The first-order valence-electron chi connectivity index (χ1n) is 11.3. The van der Waals surface area contributed by atoms with Crippen LogP contribution in [0.15, 0.2) is 121 Å². The third kappa shape index (κ3) is 5.06. The monoisotopic (exact) mass is 488 g/mol. The zero-order chi connectivity index (χ0) is 21.6.